The van der Waals surface area contributed by atoms with Gasteiger partial charge in [-0.05, 0) is 84.7 Å². The van der Waals surface area contributed by atoms with E-state index in [9.17, 15) is 10.1 Å². The highest BCUT2D eigenvalue weighted by Gasteiger charge is 2.36. The van der Waals surface area contributed by atoms with Crippen LogP contribution < -0.4 is 5.32 Å². The summed E-state index contributed by atoms with van der Waals surface area (Å²) in [6.45, 7) is 2.01. The molecule has 2 aliphatic carbocycles. The fourth-order valence-electron chi connectivity index (χ4n) is 5.54. The molecule has 1 heterocycles. The van der Waals surface area contributed by atoms with Gasteiger partial charge in [0, 0.05) is 23.2 Å². The number of aliphatic carboxylic acids is 1. The van der Waals surface area contributed by atoms with Crippen LogP contribution in [0.3, 0.4) is 0 Å². The number of rotatable bonds is 6. The highest BCUT2D eigenvalue weighted by Crippen LogP contribution is 2.37. The van der Waals surface area contributed by atoms with Gasteiger partial charge in [0.25, 0.3) is 5.89 Å². The molecule has 3 aromatic carbocycles. The average molecular weight is 491 g/mol. The first-order chi connectivity index (χ1) is 18.0. The molecule has 2 aliphatic rings. The molecule has 1 unspecified atom stereocenters. The third kappa shape index (κ3) is 4.30. The fourth-order valence-corrected chi connectivity index (χ4v) is 5.54. The molecule has 0 aliphatic heterocycles. The number of nitrogens with zero attached hydrogens (tertiary/aromatic N) is 3. The van der Waals surface area contributed by atoms with Gasteiger partial charge in [-0.25, -0.2) is 0 Å². The maximum absolute atomic E-state index is 11.1. The number of fused-ring (bicyclic) bond motifs is 1. The standard InChI is InChI=1S/C30H26N4O3/c1-17-12-20(7-9-24(17)25-5-3-2-4-21(25)16-31)29-33-28(34-37-29)19-6-10-26-18(13-19)8-11-27(26)32-23-14-22(15-23)30(35)36/h2-7,9-10,12-13,22-23,27,32H,8,11,14-15H2,1H3,(H,35,36). The van der Waals surface area contributed by atoms with Gasteiger partial charge in [0.2, 0.25) is 5.82 Å². The lowest BCUT2D eigenvalue weighted by Crippen LogP contribution is -2.45. The number of aromatic nitrogens is 2. The van der Waals surface area contributed by atoms with Crippen LogP contribution in [-0.4, -0.2) is 27.3 Å². The van der Waals surface area contributed by atoms with Crippen molar-refractivity contribution >= 4 is 5.97 Å². The number of carboxylic acids is 1. The second-order valence-corrected chi connectivity index (χ2v) is 9.99. The Kier molecular flexibility index (Phi) is 5.82. The summed E-state index contributed by atoms with van der Waals surface area (Å²) < 4.78 is 5.62. The maximum atomic E-state index is 11.1. The Balaban J connectivity index is 1.19. The zero-order valence-electron chi connectivity index (χ0n) is 20.4. The molecule has 1 saturated carbocycles. The van der Waals surface area contributed by atoms with E-state index in [1.54, 1.807) is 0 Å². The van der Waals surface area contributed by atoms with Crippen LogP contribution >= 0.6 is 0 Å². The number of carboxylic acid groups (broad SMARTS) is 1. The lowest BCUT2D eigenvalue weighted by atomic mass is 9.80. The van der Waals surface area contributed by atoms with Gasteiger partial charge >= 0.3 is 5.97 Å². The lowest BCUT2D eigenvalue weighted by Gasteiger charge is -2.35. The Morgan fingerprint density at radius 1 is 1.08 bits per heavy atom. The minimum atomic E-state index is -0.690. The zero-order valence-corrected chi connectivity index (χ0v) is 20.4. The predicted molar refractivity (Wildman–Crippen MR) is 138 cm³/mol. The van der Waals surface area contributed by atoms with Crippen LogP contribution in [0, 0.1) is 24.2 Å². The second-order valence-electron chi connectivity index (χ2n) is 9.99. The van der Waals surface area contributed by atoms with E-state index in [0.29, 0.717) is 30.1 Å². The van der Waals surface area contributed by atoms with Crippen molar-refractivity contribution in [3.63, 3.8) is 0 Å². The molecule has 1 aromatic heterocycles. The summed E-state index contributed by atoms with van der Waals surface area (Å²) >= 11 is 0. The van der Waals surface area contributed by atoms with Crippen LogP contribution in [-0.2, 0) is 11.2 Å². The molecular weight excluding hydrogens is 464 g/mol. The molecule has 0 amide bonds. The number of aryl methyl sites for hydroxylation is 2. The summed E-state index contributed by atoms with van der Waals surface area (Å²) in [4.78, 5) is 15.8. The summed E-state index contributed by atoms with van der Waals surface area (Å²) in [6, 6.07) is 22.6. The molecule has 37 heavy (non-hydrogen) atoms. The SMILES string of the molecule is Cc1cc(-c2nc(-c3ccc4c(c3)CCC4NC3CC(C(=O)O)C3)no2)ccc1-c1ccccc1C#N. The van der Waals surface area contributed by atoms with Crippen molar-refractivity contribution in [2.45, 2.75) is 44.7 Å². The normalized spacial score (nSPS) is 20.2. The molecule has 1 atom stereocenters. The van der Waals surface area contributed by atoms with Crippen molar-refractivity contribution in [2.75, 3.05) is 0 Å². The molecule has 0 radical (unpaired) electrons. The van der Waals surface area contributed by atoms with Crippen molar-refractivity contribution in [1.29, 1.82) is 5.26 Å². The van der Waals surface area contributed by atoms with Crippen LogP contribution in [0.2, 0.25) is 0 Å². The molecule has 184 valence electrons. The molecule has 7 heteroatoms. The van der Waals surface area contributed by atoms with E-state index in [-0.39, 0.29) is 18.0 Å². The number of carbonyl (C=O) groups is 1. The van der Waals surface area contributed by atoms with Gasteiger partial charge < -0.3 is 14.9 Å². The summed E-state index contributed by atoms with van der Waals surface area (Å²) in [7, 11) is 0. The van der Waals surface area contributed by atoms with E-state index in [4.69, 9.17) is 9.63 Å². The summed E-state index contributed by atoms with van der Waals surface area (Å²) in [5.74, 6) is 0.108. The minimum Gasteiger partial charge on any atom is -0.481 e. The van der Waals surface area contributed by atoms with Crippen LogP contribution in [0.15, 0.2) is 65.2 Å². The second kappa shape index (κ2) is 9.30. The van der Waals surface area contributed by atoms with Crippen LogP contribution in [0.25, 0.3) is 34.0 Å². The highest BCUT2D eigenvalue weighted by atomic mass is 16.5. The first-order valence-corrected chi connectivity index (χ1v) is 12.6. The van der Waals surface area contributed by atoms with E-state index < -0.39 is 5.97 Å². The van der Waals surface area contributed by atoms with Crippen LogP contribution in [0.1, 0.15) is 47.6 Å². The monoisotopic (exact) mass is 490 g/mol. The molecule has 0 spiro atoms. The van der Waals surface area contributed by atoms with Crippen LogP contribution in [0.4, 0.5) is 0 Å². The van der Waals surface area contributed by atoms with E-state index in [2.05, 4.69) is 33.7 Å². The Morgan fingerprint density at radius 2 is 1.89 bits per heavy atom. The van der Waals surface area contributed by atoms with E-state index in [0.717, 1.165) is 40.7 Å². The van der Waals surface area contributed by atoms with Gasteiger partial charge in [0.1, 0.15) is 0 Å². The molecule has 2 N–H and O–H groups in total. The average Bonchev–Trinajstić information content (AvgIpc) is 3.53. The Hall–Kier alpha value is -4.28. The zero-order chi connectivity index (χ0) is 25.5. The van der Waals surface area contributed by atoms with Crippen molar-refractivity contribution in [2.24, 2.45) is 5.92 Å². The number of nitrogens with one attached hydrogen (secondary N) is 1. The number of benzene rings is 3. The lowest BCUT2D eigenvalue weighted by molar-refractivity contribution is -0.145. The third-order valence-electron chi connectivity index (χ3n) is 7.64. The first kappa shape index (κ1) is 23.1. The van der Waals surface area contributed by atoms with E-state index >= 15 is 0 Å². The smallest absolute Gasteiger partial charge is 0.306 e. The van der Waals surface area contributed by atoms with E-state index in [1.807, 2.05) is 55.5 Å². The predicted octanol–water partition coefficient (Wildman–Crippen LogP) is 5.69. The quantitative estimate of drug-likeness (QED) is 0.357. The highest BCUT2D eigenvalue weighted by molar-refractivity contribution is 5.76. The Morgan fingerprint density at radius 3 is 2.68 bits per heavy atom. The summed E-state index contributed by atoms with van der Waals surface area (Å²) in [6.07, 6.45) is 3.38. The number of hydrogen-bond acceptors (Lipinski definition) is 6. The molecule has 6 rings (SSSR count). The minimum absolute atomic E-state index is 0.207. The van der Waals surface area contributed by atoms with Gasteiger partial charge in [-0.15, -0.1) is 0 Å². The van der Waals surface area contributed by atoms with Gasteiger partial charge in [-0.3, -0.25) is 4.79 Å². The van der Waals surface area contributed by atoms with E-state index in [1.165, 1.54) is 11.1 Å². The molecule has 7 nitrogen and oxygen atoms in total. The van der Waals surface area contributed by atoms with Gasteiger partial charge in [-0.2, -0.15) is 10.2 Å². The topological polar surface area (TPSA) is 112 Å². The van der Waals surface area contributed by atoms with Gasteiger partial charge in [0.15, 0.2) is 0 Å². The molecule has 4 aromatic rings. The molecule has 0 saturated heterocycles. The molecule has 0 bridgehead atoms. The number of hydrogen-bond donors (Lipinski definition) is 2. The molecule has 1 fully saturated rings. The first-order valence-electron chi connectivity index (χ1n) is 12.6. The van der Waals surface area contributed by atoms with Crippen molar-refractivity contribution in [3.05, 3.63) is 82.9 Å². The van der Waals surface area contributed by atoms with Crippen LogP contribution in [0.5, 0.6) is 0 Å². The largest absolute Gasteiger partial charge is 0.481 e. The third-order valence-corrected chi connectivity index (χ3v) is 7.64. The number of nitriles is 1. The summed E-state index contributed by atoms with van der Waals surface area (Å²) in [5.41, 5.74) is 7.87. The van der Waals surface area contributed by atoms with Gasteiger partial charge in [-0.1, -0.05) is 41.6 Å². The van der Waals surface area contributed by atoms with Crippen molar-refractivity contribution < 1.29 is 14.4 Å². The Bertz CT molecular complexity index is 1540. The van der Waals surface area contributed by atoms with Gasteiger partial charge in [0.05, 0.1) is 17.6 Å². The van der Waals surface area contributed by atoms with Crippen molar-refractivity contribution in [3.8, 4) is 40.0 Å². The molecular formula is C30H26N4O3. The van der Waals surface area contributed by atoms with Crippen molar-refractivity contribution in [1.82, 2.24) is 15.5 Å². The summed E-state index contributed by atoms with van der Waals surface area (Å²) in [5, 5.41) is 26.5. The fraction of sp³-hybridized carbons (Fsp3) is 0.267. The maximum Gasteiger partial charge on any atom is 0.306 e. The Labute approximate surface area is 214 Å².